The highest BCUT2D eigenvalue weighted by Gasteiger charge is 2.34. The molecule has 0 spiro atoms. The van der Waals surface area contributed by atoms with Gasteiger partial charge in [-0.05, 0) is 24.6 Å². The molecule has 1 aromatic heterocycles. The fraction of sp³-hybridized carbons (Fsp3) is 0.182. The maximum absolute atomic E-state index is 12.4. The van der Waals surface area contributed by atoms with E-state index in [4.69, 9.17) is 0 Å². The lowest BCUT2D eigenvalue weighted by atomic mass is 10.1. The Morgan fingerprint density at radius 2 is 1.88 bits per heavy atom. The Morgan fingerprint density at radius 1 is 1.19 bits per heavy atom. The van der Waals surface area contributed by atoms with Crippen molar-refractivity contribution >= 4 is 11.0 Å². The molecule has 0 amide bonds. The molecule has 84 valence electrons. The van der Waals surface area contributed by atoms with Crippen molar-refractivity contribution < 1.29 is 17.6 Å². The van der Waals surface area contributed by atoms with Crippen LogP contribution in [0.25, 0.3) is 11.0 Å². The largest absolute Gasteiger partial charge is 0.451 e. The Hall–Kier alpha value is -1.78. The van der Waals surface area contributed by atoms with E-state index in [0.717, 1.165) is 5.56 Å². The molecule has 2 nitrogen and oxygen atoms in total. The number of benzene rings is 1. The first-order valence-corrected chi connectivity index (χ1v) is 4.49. The maximum atomic E-state index is 12.4. The van der Waals surface area contributed by atoms with Crippen LogP contribution in [0.4, 0.5) is 13.2 Å². The van der Waals surface area contributed by atoms with Crippen LogP contribution >= 0.6 is 0 Å². The Balaban J connectivity index is 2.80. The summed E-state index contributed by atoms with van der Waals surface area (Å²) >= 11 is 0. The van der Waals surface area contributed by atoms with E-state index >= 15 is 0 Å². The summed E-state index contributed by atoms with van der Waals surface area (Å²) in [6.07, 6.45) is -4.64. The van der Waals surface area contributed by atoms with Crippen molar-refractivity contribution in [1.82, 2.24) is 0 Å². The first-order chi connectivity index (χ1) is 7.38. The van der Waals surface area contributed by atoms with Crippen LogP contribution in [0.15, 0.2) is 33.5 Å². The fourth-order valence-corrected chi connectivity index (χ4v) is 1.40. The number of hydrogen-bond donors (Lipinski definition) is 0. The first kappa shape index (κ1) is 10.7. The van der Waals surface area contributed by atoms with Gasteiger partial charge < -0.3 is 4.42 Å². The Labute approximate surface area is 88.3 Å². The van der Waals surface area contributed by atoms with E-state index in [-0.39, 0.29) is 11.0 Å². The smallest absolute Gasteiger partial charge is 0.449 e. The van der Waals surface area contributed by atoms with Crippen molar-refractivity contribution in [3.8, 4) is 0 Å². The summed E-state index contributed by atoms with van der Waals surface area (Å²) in [6.45, 7) is 1.71. The van der Waals surface area contributed by atoms with Gasteiger partial charge in [0.2, 0.25) is 5.76 Å². The Bertz CT molecular complexity index is 596. The normalized spacial score (nSPS) is 12.0. The molecule has 2 rings (SSSR count). The SMILES string of the molecule is Cc1ccc2c(=O)cc(C(F)(F)F)oc2c1. The molecule has 0 bridgehead atoms. The number of aryl methyl sites for hydroxylation is 1. The van der Waals surface area contributed by atoms with Gasteiger partial charge in [0.25, 0.3) is 0 Å². The third-order valence-corrected chi connectivity index (χ3v) is 2.16. The van der Waals surface area contributed by atoms with Gasteiger partial charge in [0.05, 0.1) is 5.39 Å². The van der Waals surface area contributed by atoms with Crippen LogP contribution in [0.2, 0.25) is 0 Å². The van der Waals surface area contributed by atoms with Gasteiger partial charge in [0, 0.05) is 6.07 Å². The minimum atomic E-state index is -4.64. The molecule has 0 atom stereocenters. The Kier molecular flexibility index (Phi) is 2.26. The van der Waals surface area contributed by atoms with Crippen molar-refractivity contribution in [1.29, 1.82) is 0 Å². The first-order valence-electron chi connectivity index (χ1n) is 4.49. The summed E-state index contributed by atoms with van der Waals surface area (Å²) in [7, 11) is 0. The molecule has 2 aromatic rings. The zero-order valence-corrected chi connectivity index (χ0v) is 8.26. The number of rotatable bonds is 0. The van der Waals surface area contributed by atoms with E-state index in [1.807, 2.05) is 0 Å². The van der Waals surface area contributed by atoms with Gasteiger partial charge in [-0.15, -0.1) is 0 Å². The average Bonchev–Trinajstić information content (AvgIpc) is 2.15. The maximum Gasteiger partial charge on any atom is 0.449 e. The van der Waals surface area contributed by atoms with Crippen LogP contribution in [0.5, 0.6) is 0 Å². The van der Waals surface area contributed by atoms with Gasteiger partial charge in [-0.1, -0.05) is 6.07 Å². The van der Waals surface area contributed by atoms with Crippen molar-refractivity contribution in [3.05, 3.63) is 45.8 Å². The second-order valence-electron chi connectivity index (χ2n) is 3.47. The molecule has 0 aliphatic heterocycles. The zero-order valence-electron chi connectivity index (χ0n) is 8.26. The molecule has 1 aromatic carbocycles. The van der Waals surface area contributed by atoms with Gasteiger partial charge in [-0.25, -0.2) is 0 Å². The molecule has 0 saturated heterocycles. The number of fused-ring (bicyclic) bond motifs is 1. The molecule has 1 heterocycles. The summed E-state index contributed by atoms with van der Waals surface area (Å²) in [5.74, 6) is -1.27. The molecule has 0 N–H and O–H groups in total. The standard InChI is InChI=1S/C11H7F3O2/c1-6-2-3-7-8(15)5-10(11(12,13)14)16-9(7)4-6/h2-5H,1H3. The number of halogens is 3. The predicted octanol–water partition coefficient (Wildman–Crippen LogP) is 3.12. The molecule has 0 aliphatic rings. The molecule has 16 heavy (non-hydrogen) atoms. The van der Waals surface area contributed by atoms with Crippen molar-refractivity contribution in [2.75, 3.05) is 0 Å². The minimum absolute atomic E-state index is 0.0418. The molecule has 0 saturated carbocycles. The van der Waals surface area contributed by atoms with Crippen LogP contribution < -0.4 is 5.43 Å². The second-order valence-corrected chi connectivity index (χ2v) is 3.47. The third-order valence-electron chi connectivity index (χ3n) is 2.16. The minimum Gasteiger partial charge on any atom is -0.451 e. The second kappa shape index (κ2) is 3.37. The average molecular weight is 228 g/mol. The van der Waals surface area contributed by atoms with Crippen LogP contribution in [-0.2, 0) is 6.18 Å². The van der Waals surface area contributed by atoms with E-state index in [1.54, 1.807) is 13.0 Å². The van der Waals surface area contributed by atoms with Crippen molar-refractivity contribution in [2.45, 2.75) is 13.1 Å². The summed E-state index contributed by atoms with van der Waals surface area (Å²) in [5.41, 5.74) is 0.00312. The van der Waals surface area contributed by atoms with E-state index in [2.05, 4.69) is 4.42 Å². The number of alkyl halides is 3. The highest BCUT2D eigenvalue weighted by atomic mass is 19.4. The molecule has 0 unspecified atom stereocenters. The Morgan fingerprint density at radius 3 is 2.50 bits per heavy atom. The van der Waals surface area contributed by atoms with E-state index in [1.165, 1.54) is 12.1 Å². The molecule has 0 fully saturated rings. The molecule has 0 aliphatic carbocycles. The lowest BCUT2D eigenvalue weighted by molar-refractivity contribution is -0.152. The topological polar surface area (TPSA) is 30.2 Å². The van der Waals surface area contributed by atoms with Crippen LogP contribution in [0, 0.1) is 6.92 Å². The summed E-state index contributed by atoms with van der Waals surface area (Å²) in [4.78, 5) is 11.4. The number of hydrogen-bond acceptors (Lipinski definition) is 2. The van der Waals surface area contributed by atoms with Gasteiger partial charge in [0.15, 0.2) is 5.43 Å². The molecular weight excluding hydrogens is 221 g/mol. The van der Waals surface area contributed by atoms with Crippen LogP contribution in [0.3, 0.4) is 0 Å². The van der Waals surface area contributed by atoms with E-state index in [9.17, 15) is 18.0 Å². The molecule has 5 heteroatoms. The quantitative estimate of drug-likeness (QED) is 0.693. The van der Waals surface area contributed by atoms with Gasteiger partial charge in [0.1, 0.15) is 5.58 Å². The summed E-state index contributed by atoms with van der Waals surface area (Å²) in [5, 5.41) is 0.151. The van der Waals surface area contributed by atoms with E-state index in [0.29, 0.717) is 6.07 Å². The zero-order chi connectivity index (χ0) is 11.9. The third kappa shape index (κ3) is 1.80. The van der Waals surface area contributed by atoms with Gasteiger partial charge >= 0.3 is 6.18 Å². The highest BCUT2D eigenvalue weighted by Crippen LogP contribution is 2.30. The lowest BCUT2D eigenvalue weighted by Crippen LogP contribution is -2.10. The van der Waals surface area contributed by atoms with Gasteiger partial charge in [-0.3, -0.25) is 4.79 Å². The molecular formula is C11H7F3O2. The van der Waals surface area contributed by atoms with Crippen molar-refractivity contribution in [2.24, 2.45) is 0 Å². The summed E-state index contributed by atoms with van der Waals surface area (Å²) in [6, 6.07) is 4.98. The fourth-order valence-electron chi connectivity index (χ4n) is 1.40. The predicted molar refractivity (Wildman–Crippen MR) is 52.2 cm³/mol. The summed E-state index contributed by atoms with van der Waals surface area (Å²) < 4.78 is 41.8. The van der Waals surface area contributed by atoms with E-state index < -0.39 is 17.4 Å². The van der Waals surface area contributed by atoms with Gasteiger partial charge in [-0.2, -0.15) is 13.2 Å². The molecule has 0 radical (unpaired) electrons. The van der Waals surface area contributed by atoms with Crippen molar-refractivity contribution in [3.63, 3.8) is 0 Å². The van der Waals surface area contributed by atoms with Crippen LogP contribution in [-0.4, -0.2) is 0 Å². The highest BCUT2D eigenvalue weighted by molar-refractivity contribution is 5.77. The monoisotopic (exact) mass is 228 g/mol. The van der Waals surface area contributed by atoms with Crippen LogP contribution in [0.1, 0.15) is 11.3 Å². The lowest BCUT2D eigenvalue weighted by Gasteiger charge is -2.06.